The number of nitrogens with one attached hydrogen (secondary N) is 2. The van der Waals surface area contributed by atoms with E-state index in [-0.39, 0.29) is 12.1 Å². The Labute approximate surface area is 121 Å². The Morgan fingerprint density at radius 2 is 2.00 bits per heavy atom. The van der Waals surface area contributed by atoms with Gasteiger partial charge in [-0.25, -0.2) is 4.79 Å². The number of furan rings is 1. The molecule has 0 saturated carbocycles. The first kappa shape index (κ1) is 16.6. The molecule has 5 heteroatoms. The van der Waals surface area contributed by atoms with Crippen LogP contribution in [-0.4, -0.2) is 24.3 Å². The fourth-order valence-electron chi connectivity index (χ4n) is 1.70. The zero-order chi connectivity index (χ0) is 15.3. The van der Waals surface area contributed by atoms with Crippen molar-refractivity contribution in [2.24, 2.45) is 0 Å². The lowest BCUT2D eigenvalue weighted by molar-refractivity contribution is 0.0507. The van der Waals surface area contributed by atoms with E-state index in [1.807, 2.05) is 53.7 Å². The third kappa shape index (κ3) is 6.10. The zero-order valence-corrected chi connectivity index (χ0v) is 13.2. The molecule has 1 heterocycles. The van der Waals surface area contributed by atoms with Gasteiger partial charge >= 0.3 is 6.09 Å². The summed E-state index contributed by atoms with van der Waals surface area (Å²) in [6.07, 6.45) is -0.395. The highest BCUT2D eigenvalue weighted by atomic mass is 16.6. The van der Waals surface area contributed by atoms with Crippen molar-refractivity contribution in [1.29, 1.82) is 0 Å². The SMILES string of the molecule is Cc1ccc(C(C)NCC(C)NC(=O)OC(C)(C)C)o1. The Hall–Kier alpha value is -1.49. The second kappa shape index (κ2) is 6.79. The summed E-state index contributed by atoms with van der Waals surface area (Å²) in [5, 5.41) is 6.11. The third-order valence-electron chi connectivity index (χ3n) is 2.68. The van der Waals surface area contributed by atoms with Crippen LogP contribution in [0.15, 0.2) is 16.5 Å². The minimum Gasteiger partial charge on any atom is -0.465 e. The molecule has 2 N–H and O–H groups in total. The van der Waals surface area contributed by atoms with Gasteiger partial charge < -0.3 is 19.8 Å². The fourth-order valence-corrected chi connectivity index (χ4v) is 1.70. The molecule has 0 spiro atoms. The van der Waals surface area contributed by atoms with E-state index in [4.69, 9.17) is 9.15 Å². The van der Waals surface area contributed by atoms with E-state index < -0.39 is 11.7 Å². The molecule has 0 aromatic carbocycles. The van der Waals surface area contributed by atoms with E-state index >= 15 is 0 Å². The first-order chi connectivity index (χ1) is 9.17. The van der Waals surface area contributed by atoms with E-state index in [1.54, 1.807) is 0 Å². The van der Waals surface area contributed by atoms with Gasteiger partial charge in [0.05, 0.1) is 6.04 Å². The quantitative estimate of drug-likeness (QED) is 0.870. The van der Waals surface area contributed by atoms with Gasteiger partial charge in [0.25, 0.3) is 0 Å². The van der Waals surface area contributed by atoms with Crippen LogP contribution in [0.1, 0.15) is 52.2 Å². The number of carbonyl (C=O) groups is 1. The number of amides is 1. The predicted octanol–water partition coefficient (Wildman–Crippen LogP) is 3.15. The second-order valence-electron chi connectivity index (χ2n) is 6.13. The Balaban J connectivity index is 2.32. The van der Waals surface area contributed by atoms with Crippen molar-refractivity contribution >= 4 is 6.09 Å². The summed E-state index contributed by atoms with van der Waals surface area (Å²) in [5.41, 5.74) is -0.476. The lowest BCUT2D eigenvalue weighted by atomic mass is 10.2. The molecule has 0 aliphatic rings. The minimum absolute atomic E-state index is 0.0247. The number of alkyl carbamates (subject to hydrolysis) is 1. The van der Waals surface area contributed by atoms with Crippen LogP contribution in [0, 0.1) is 6.92 Å². The molecule has 0 fully saturated rings. The number of carbonyl (C=O) groups excluding carboxylic acids is 1. The maximum Gasteiger partial charge on any atom is 0.407 e. The highest BCUT2D eigenvalue weighted by molar-refractivity contribution is 5.68. The van der Waals surface area contributed by atoms with Crippen LogP contribution < -0.4 is 10.6 Å². The van der Waals surface area contributed by atoms with Gasteiger partial charge in [-0.05, 0) is 53.7 Å². The molecule has 0 aliphatic carbocycles. The molecule has 0 radical (unpaired) electrons. The molecular weight excluding hydrogens is 256 g/mol. The average Bonchev–Trinajstić information content (AvgIpc) is 2.70. The van der Waals surface area contributed by atoms with E-state index in [0.717, 1.165) is 11.5 Å². The largest absolute Gasteiger partial charge is 0.465 e. The van der Waals surface area contributed by atoms with Crippen molar-refractivity contribution < 1.29 is 13.9 Å². The second-order valence-corrected chi connectivity index (χ2v) is 6.13. The molecule has 0 saturated heterocycles. The first-order valence-corrected chi connectivity index (χ1v) is 6.96. The molecule has 1 aromatic heterocycles. The Morgan fingerprint density at radius 3 is 2.50 bits per heavy atom. The van der Waals surface area contributed by atoms with Gasteiger partial charge in [-0.15, -0.1) is 0 Å². The number of aryl methyl sites for hydroxylation is 1. The molecule has 1 rings (SSSR count). The molecule has 2 atom stereocenters. The Bertz CT molecular complexity index is 435. The van der Waals surface area contributed by atoms with Crippen LogP contribution in [0.5, 0.6) is 0 Å². The van der Waals surface area contributed by atoms with Gasteiger partial charge in [-0.1, -0.05) is 0 Å². The number of hydrogen-bond donors (Lipinski definition) is 2. The summed E-state index contributed by atoms with van der Waals surface area (Å²) in [6, 6.07) is 3.98. The summed E-state index contributed by atoms with van der Waals surface area (Å²) in [5.74, 6) is 1.79. The van der Waals surface area contributed by atoms with Gasteiger partial charge in [0.1, 0.15) is 17.1 Å². The van der Waals surface area contributed by atoms with Crippen LogP contribution in [0.4, 0.5) is 4.79 Å². The predicted molar refractivity (Wildman–Crippen MR) is 78.7 cm³/mol. The topological polar surface area (TPSA) is 63.5 Å². The summed E-state index contributed by atoms with van der Waals surface area (Å²) in [6.45, 7) is 12.0. The number of rotatable bonds is 5. The molecule has 0 bridgehead atoms. The van der Waals surface area contributed by atoms with Crippen LogP contribution >= 0.6 is 0 Å². The van der Waals surface area contributed by atoms with Crippen molar-refractivity contribution in [3.05, 3.63) is 23.7 Å². The van der Waals surface area contributed by atoms with E-state index in [1.165, 1.54) is 0 Å². The van der Waals surface area contributed by atoms with Crippen LogP contribution in [0.25, 0.3) is 0 Å². The average molecular weight is 282 g/mol. The van der Waals surface area contributed by atoms with E-state index in [9.17, 15) is 4.79 Å². The minimum atomic E-state index is -0.476. The molecule has 20 heavy (non-hydrogen) atoms. The van der Waals surface area contributed by atoms with Crippen molar-refractivity contribution in [2.45, 2.75) is 59.2 Å². The Kier molecular flexibility index (Phi) is 5.62. The van der Waals surface area contributed by atoms with Gasteiger partial charge in [0.15, 0.2) is 0 Å². The third-order valence-corrected chi connectivity index (χ3v) is 2.68. The number of ether oxygens (including phenoxy) is 1. The summed E-state index contributed by atoms with van der Waals surface area (Å²) in [7, 11) is 0. The lowest BCUT2D eigenvalue weighted by Crippen LogP contribution is -2.43. The summed E-state index contributed by atoms with van der Waals surface area (Å²) < 4.78 is 10.8. The lowest BCUT2D eigenvalue weighted by Gasteiger charge is -2.22. The summed E-state index contributed by atoms with van der Waals surface area (Å²) in [4.78, 5) is 11.6. The molecular formula is C15H26N2O3. The monoisotopic (exact) mass is 282 g/mol. The normalized spacial score (nSPS) is 14.7. The standard InChI is InChI=1S/C15H26N2O3/c1-10(17-14(18)20-15(4,5)6)9-16-12(3)13-8-7-11(2)19-13/h7-8,10,12,16H,9H2,1-6H3,(H,17,18). The smallest absolute Gasteiger partial charge is 0.407 e. The highest BCUT2D eigenvalue weighted by Gasteiger charge is 2.18. The van der Waals surface area contributed by atoms with Crippen LogP contribution in [0.3, 0.4) is 0 Å². The molecule has 0 aliphatic heterocycles. The molecule has 2 unspecified atom stereocenters. The molecule has 1 aromatic rings. The molecule has 1 amide bonds. The van der Waals surface area contributed by atoms with Crippen molar-refractivity contribution in [3.8, 4) is 0 Å². The van der Waals surface area contributed by atoms with Crippen LogP contribution in [-0.2, 0) is 4.74 Å². The first-order valence-electron chi connectivity index (χ1n) is 6.96. The van der Waals surface area contributed by atoms with E-state index in [2.05, 4.69) is 10.6 Å². The van der Waals surface area contributed by atoms with Crippen molar-refractivity contribution in [2.75, 3.05) is 6.54 Å². The van der Waals surface area contributed by atoms with E-state index in [0.29, 0.717) is 6.54 Å². The van der Waals surface area contributed by atoms with Gasteiger partial charge in [-0.3, -0.25) is 0 Å². The zero-order valence-electron chi connectivity index (χ0n) is 13.2. The maximum atomic E-state index is 11.6. The maximum absolute atomic E-state index is 11.6. The van der Waals surface area contributed by atoms with Gasteiger partial charge in [0.2, 0.25) is 0 Å². The highest BCUT2D eigenvalue weighted by Crippen LogP contribution is 2.15. The summed E-state index contributed by atoms with van der Waals surface area (Å²) >= 11 is 0. The molecule has 5 nitrogen and oxygen atoms in total. The van der Waals surface area contributed by atoms with Crippen LogP contribution in [0.2, 0.25) is 0 Å². The van der Waals surface area contributed by atoms with Gasteiger partial charge in [-0.2, -0.15) is 0 Å². The Morgan fingerprint density at radius 1 is 1.35 bits per heavy atom. The van der Waals surface area contributed by atoms with Gasteiger partial charge in [0, 0.05) is 12.6 Å². The fraction of sp³-hybridized carbons (Fsp3) is 0.667. The molecule has 114 valence electrons. The van der Waals surface area contributed by atoms with Crippen molar-refractivity contribution in [3.63, 3.8) is 0 Å². The van der Waals surface area contributed by atoms with Crippen molar-refractivity contribution in [1.82, 2.24) is 10.6 Å². The number of hydrogen-bond acceptors (Lipinski definition) is 4.